The van der Waals surface area contributed by atoms with Gasteiger partial charge in [-0.15, -0.1) is 0 Å². The fraction of sp³-hybridized carbons (Fsp3) is 0.231. The van der Waals surface area contributed by atoms with Crippen LogP contribution in [-0.4, -0.2) is 17.2 Å². The van der Waals surface area contributed by atoms with Crippen LogP contribution < -0.4 is 0 Å². The van der Waals surface area contributed by atoms with Gasteiger partial charge in [-0.3, -0.25) is 9.59 Å². The van der Waals surface area contributed by atoms with E-state index in [1.165, 1.54) is 13.0 Å². The lowest BCUT2D eigenvalue weighted by Gasteiger charge is -2.09. The number of halogens is 3. The highest BCUT2D eigenvalue weighted by Gasteiger charge is 2.33. The van der Waals surface area contributed by atoms with Gasteiger partial charge in [0, 0.05) is 18.1 Å². The predicted octanol–water partition coefficient (Wildman–Crippen LogP) is 3.15. The highest BCUT2D eigenvalue weighted by atomic mass is 32.2. The maximum atomic E-state index is 12.7. The van der Waals surface area contributed by atoms with E-state index in [1.54, 1.807) is 0 Å². The molecule has 0 saturated carbocycles. The molecule has 1 aromatic carbocycles. The van der Waals surface area contributed by atoms with E-state index < -0.39 is 17.3 Å². The number of benzene rings is 1. The van der Waals surface area contributed by atoms with Gasteiger partial charge in [0.05, 0.1) is 11.3 Å². The first-order valence-electron chi connectivity index (χ1n) is 5.13. The molecule has 0 heterocycles. The largest absolute Gasteiger partial charge is 0.417 e. The first kappa shape index (κ1) is 15.3. The summed E-state index contributed by atoms with van der Waals surface area (Å²) >= 11 is 0.977. The van der Waals surface area contributed by atoms with Crippen LogP contribution in [0.3, 0.4) is 0 Å². The van der Waals surface area contributed by atoms with Crippen molar-refractivity contribution in [1.82, 2.24) is 0 Å². The van der Waals surface area contributed by atoms with Crippen molar-refractivity contribution in [3.63, 3.8) is 0 Å². The Labute approximate surface area is 112 Å². The number of aldehydes is 1. The third-order valence-electron chi connectivity index (χ3n) is 2.07. The number of rotatable bonds is 2. The standard InChI is InChI=1S/C13H9F3O2S/c1-9(18)19-6-2-3-10-4-5-11(8-17)12(7-10)13(14,15)16/h4-5,7-8H,6H2,1H3. The highest BCUT2D eigenvalue weighted by molar-refractivity contribution is 8.13. The van der Waals surface area contributed by atoms with E-state index in [-0.39, 0.29) is 22.7 Å². The molecule has 0 atom stereocenters. The highest BCUT2D eigenvalue weighted by Crippen LogP contribution is 2.31. The van der Waals surface area contributed by atoms with Gasteiger partial charge in [-0.1, -0.05) is 23.6 Å². The third kappa shape index (κ3) is 4.79. The normalized spacial score (nSPS) is 10.5. The summed E-state index contributed by atoms with van der Waals surface area (Å²) in [4.78, 5) is 21.2. The molecule has 1 aromatic rings. The first-order valence-corrected chi connectivity index (χ1v) is 6.12. The quantitative estimate of drug-likeness (QED) is 0.618. The molecule has 0 unspecified atom stereocenters. The van der Waals surface area contributed by atoms with Gasteiger partial charge < -0.3 is 0 Å². The van der Waals surface area contributed by atoms with Crippen molar-refractivity contribution < 1.29 is 22.8 Å². The molecule has 0 aromatic heterocycles. The predicted molar refractivity (Wildman–Crippen MR) is 66.8 cm³/mol. The van der Waals surface area contributed by atoms with Crippen LogP contribution >= 0.6 is 11.8 Å². The minimum atomic E-state index is -4.60. The van der Waals surface area contributed by atoms with Crippen LogP contribution in [0.5, 0.6) is 0 Å². The Morgan fingerprint density at radius 2 is 2.11 bits per heavy atom. The monoisotopic (exact) mass is 286 g/mol. The summed E-state index contributed by atoms with van der Waals surface area (Å²) in [6, 6.07) is 3.25. The average molecular weight is 286 g/mol. The van der Waals surface area contributed by atoms with Gasteiger partial charge in [-0.2, -0.15) is 13.2 Å². The van der Waals surface area contributed by atoms with E-state index in [0.29, 0.717) is 0 Å². The van der Waals surface area contributed by atoms with Crippen molar-refractivity contribution in [2.24, 2.45) is 0 Å². The van der Waals surface area contributed by atoms with Crippen molar-refractivity contribution >= 4 is 23.2 Å². The molecule has 0 amide bonds. The summed E-state index contributed by atoms with van der Waals surface area (Å²) in [6.45, 7) is 1.38. The fourth-order valence-corrected chi connectivity index (χ4v) is 1.61. The van der Waals surface area contributed by atoms with Crippen LogP contribution in [-0.2, 0) is 11.0 Å². The van der Waals surface area contributed by atoms with E-state index in [2.05, 4.69) is 11.8 Å². The van der Waals surface area contributed by atoms with Crippen LogP contribution in [0, 0.1) is 11.8 Å². The molecule has 1 rings (SSSR count). The average Bonchev–Trinajstić information content (AvgIpc) is 2.33. The van der Waals surface area contributed by atoms with Crippen LogP contribution in [0.25, 0.3) is 0 Å². The smallest absolute Gasteiger partial charge is 0.298 e. The molecule has 0 radical (unpaired) electrons. The number of carbonyl (C=O) groups is 2. The molecule has 0 saturated heterocycles. The van der Waals surface area contributed by atoms with Crippen LogP contribution in [0.2, 0.25) is 0 Å². The van der Waals surface area contributed by atoms with Gasteiger partial charge in [-0.05, 0) is 18.2 Å². The molecule has 2 nitrogen and oxygen atoms in total. The second-order valence-corrected chi connectivity index (χ2v) is 4.65. The fourth-order valence-electron chi connectivity index (χ4n) is 1.26. The summed E-state index contributed by atoms with van der Waals surface area (Å²) in [5.41, 5.74) is -1.27. The molecule has 0 N–H and O–H groups in total. The molecule has 19 heavy (non-hydrogen) atoms. The zero-order chi connectivity index (χ0) is 14.5. The number of hydrogen-bond acceptors (Lipinski definition) is 3. The maximum absolute atomic E-state index is 12.7. The lowest BCUT2D eigenvalue weighted by atomic mass is 10.0. The number of alkyl halides is 3. The van der Waals surface area contributed by atoms with Gasteiger partial charge >= 0.3 is 6.18 Å². The van der Waals surface area contributed by atoms with Crippen LogP contribution in [0.4, 0.5) is 13.2 Å². The van der Waals surface area contributed by atoms with Crippen LogP contribution in [0.1, 0.15) is 28.4 Å². The zero-order valence-corrected chi connectivity index (χ0v) is 10.7. The summed E-state index contributed by atoms with van der Waals surface area (Å²) in [6.07, 6.45) is -4.44. The Hall–Kier alpha value is -1.74. The summed E-state index contributed by atoms with van der Waals surface area (Å²) in [5, 5.41) is -0.110. The first-order chi connectivity index (χ1) is 8.84. The maximum Gasteiger partial charge on any atom is 0.417 e. The van der Waals surface area contributed by atoms with Gasteiger partial charge in [0.2, 0.25) is 0 Å². The van der Waals surface area contributed by atoms with E-state index in [4.69, 9.17) is 0 Å². The Morgan fingerprint density at radius 3 is 2.63 bits per heavy atom. The van der Waals surface area contributed by atoms with Crippen molar-refractivity contribution in [2.45, 2.75) is 13.1 Å². The number of carbonyl (C=O) groups excluding carboxylic acids is 2. The molecule has 0 aliphatic carbocycles. The van der Waals surface area contributed by atoms with Gasteiger partial charge in [0.15, 0.2) is 11.4 Å². The molecule has 0 spiro atoms. The Kier molecular flexibility index (Phi) is 5.19. The van der Waals surface area contributed by atoms with E-state index in [1.807, 2.05) is 0 Å². The zero-order valence-electron chi connectivity index (χ0n) is 9.88. The number of hydrogen-bond donors (Lipinski definition) is 0. The molecule has 0 bridgehead atoms. The molecule has 0 fully saturated rings. The molecule has 0 aliphatic rings. The third-order valence-corrected chi connectivity index (χ3v) is 2.76. The SMILES string of the molecule is CC(=O)SCC#Cc1ccc(C=O)c(C(F)(F)F)c1. The minimum Gasteiger partial charge on any atom is -0.298 e. The van der Waals surface area contributed by atoms with Crippen molar-refractivity contribution in [1.29, 1.82) is 0 Å². The second kappa shape index (κ2) is 6.43. The Bertz CT molecular complexity index is 553. The summed E-state index contributed by atoms with van der Waals surface area (Å²) in [5.74, 6) is 5.32. The van der Waals surface area contributed by atoms with Crippen molar-refractivity contribution in [3.05, 3.63) is 34.9 Å². The van der Waals surface area contributed by atoms with Crippen molar-refractivity contribution in [2.75, 3.05) is 5.75 Å². The summed E-state index contributed by atoms with van der Waals surface area (Å²) < 4.78 is 38.0. The Morgan fingerprint density at radius 1 is 1.42 bits per heavy atom. The minimum absolute atomic E-state index is 0.110. The van der Waals surface area contributed by atoms with Gasteiger partial charge in [-0.25, -0.2) is 0 Å². The lowest BCUT2D eigenvalue weighted by Crippen LogP contribution is -2.09. The second-order valence-electron chi connectivity index (χ2n) is 3.50. The molecule has 0 aliphatic heterocycles. The molecule has 6 heteroatoms. The molecule has 100 valence electrons. The van der Waals surface area contributed by atoms with Gasteiger partial charge in [0.25, 0.3) is 0 Å². The van der Waals surface area contributed by atoms with E-state index >= 15 is 0 Å². The lowest BCUT2D eigenvalue weighted by molar-refractivity contribution is -0.137. The van der Waals surface area contributed by atoms with E-state index in [9.17, 15) is 22.8 Å². The molecular weight excluding hydrogens is 277 g/mol. The topological polar surface area (TPSA) is 34.1 Å². The van der Waals surface area contributed by atoms with Crippen LogP contribution in [0.15, 0.2) is 18.2 Å². The van der Waals surface area contributed by atoms with Crippen molar-refractivity contribution in [3.8, 4) is 11.8 Å². The Balaban J connectivity index is 2.99. The number of thioether (sulfide) groups is 1. The van der Waals surface area contributed by atoms with E-state index in [0.717, 1.165) is 23.9 Å². The van der Waals surface area contributed by atoms with Gasteiger partial charge in [0.1, 0.15) is 0 Å². The molecular formula is C13H9F3O2S. The summed E-state index contributed by atoms with van der Waals surface area (Å²) in [7, 11) is 0.